The Morgan fingerprint density at radius 1 is 1.38 bits per heavy atom. The lowest BCUT2D eigenvalue weighted by Gasteiger charge is -2.04. The second kappa shape index (κ2) is 6.26. The van der Waals surface area contributed by atoms with E-state index in [1.54, 1.807) is 12.3 Å². The summed E-state index contributed by atoms with van der Waals surface area (Å²) in [5.74, 6) is 0.582. The Balaban J connectivity index is 2.87. The number of aryl methyl sites for hydroxylation is 1. The van der Waals surface area contributed by atoms with Crippen molar-refractivity contribution in [3.05, 3.63) is 29.9 Å². The maximum absolute atomic E-state index is 12.0. The van der Waals surface area contributed by atoms with E-state index in [-0.39, 0.29) is 5.78 Å². The first-order chi connectivity index (χ1) is 7.72. The van der Waals surface area contributed by atoms with E-state index >= 15 is 0 Å². The van der Waals surface area contributed by atoms with Crippen molar-refractivity contribution in [3.8, 4) is 0 Å². The van der Waals surface area contributed by atoms with Crippen LogP contribution in [-0.4, -0.2) is 15.3 Å². The SMILES string of the molecule is CCCn1ccnc1C(=O)C=C(CC)CC. The smallest absolute Gasteiger partial charge is 0.221 e. The lowest BCUT2D eigenvalue weighted by Crippen LogP contribution is -2.08. The molecular formula is C13H20N2O. The quantitative estimate of drug-likeness (QED) is 0.545. The Kier molecular flexibility index (Phi) is 4.96. The third kappa shape index (κ3) is 3.05. The van der Waals surface area contributed by atoms with E-state index in [1.807, 2.05) is 10.8 Å². The zero-order valence-corrected chi connectivity index (χ0v) is 10.4. The topological polar surface area (TPSA) is 34.9 Å². The fourth-order valence-corrected chi connectivity index (χ4v) is 1.66. The molecular weight excluding hydrogens is 200 g/mol. The summed E-state index contributed by atoms with van der Waals surface area (Å²) in [5, 5.41) is 0. The average Bonchev–Trinajstić information content (AvgIpc) is 2.74. The molecule has 3 nitrogen and oxygen atoms in total. The highest BCUT2D eigenvalue weighted by Crippen LogP contribution is 2.09. The molecule has 3 heteroatoms. The zero-order valence-electron chi connectivity index (χ0n) is 10.4. The summed E-state index contributed by atoms with van der Waals surface area (Å²) in [6, 6.07) is 0. The van der Waals surface area contributed by atoms with Crippen molar-refractivity contribution in [2.45, 2.75) is 46.6 Å². The second-order valence-corrected chi connectivity index (χ2v) is 3.82. The standard InChI is InChI=1S/C13H20N2O/c1-4-8-15-9-7-14-13(15)12(16)10-11(5-2)6-3/h7,9-10H,4-6,8H2,1-3H3. The van der Waals surface area contributed by atoms with Crippen LogP contribution in [-0.2, 0) is 6.54 Å². The van der Waals surface area contributed by atoms with Crippen molar-refractivity contribution >= 4 is 5.78 Å². The summed E-state index contributed by atoms with van der Waals surface area (Å²) in [6.45, 7) is 7.08. The number of aromatic nitrogens is 2. The van der Waals surface area contributed by atoms with E-state index in [0.29, 0.717) is 5.82 Å². The van der Waals surface area contributed by atoms with Crippen molar-refractivity contribution in [3.63, 3.8) is 0 Å². The highest BCUT2D eigenvalue weighted by Gasteiger charge is 2.10. The summed E-state index contributed by atoms with van der Waals surface area (Å²) in [6.07, 6.45) is 8.15. The number of hydrogen-bond donors (Lipinski definition) is 0. The summed E-state index contributed by atoms with van der Waals surface area (Å²) in [5.41, 5.74) is 1.18. The molecule has 0 saturated carbocycles. The second-order valence-electron chi connectivity index (χ2n) is 3.82. The Bertz CT molecular complexity index is 371. The molecule has 0 atom stereocenters. The molecule has 0 N–H and O–H groups in total. The van der Waals surface area contributed by atoms with Gasteiger partial charge in [-0.25, -0.2) is 4.98 Å². The molecule has 0 fully saturated rings. The molecule has 1 heterocycles. The number of rotatable bonds is 6. The van der Waals surface area contributed by atoms with Crippen molar-refractivity contribution < 1.29 is 4.79 Å². The molecule has 1 rings (SSSR count). The molecule has 0 amide bonds. The number of allylic oxidation sites excluding steroid dienone is 2. The molecule has 0 aromatic carbocycles. The molecule has 0 saturated heterocycles. The Hall–Kier alpha value is -1.38. The molecule has 0 bridgehead atoms. The maximum Gasteiger partial charge on any atom is 0.221 e. The van der Waals surface area contributed by atoms with Crippen LogP contribution >= 0.6 is 0 Å². The highest BCUT2D eigenvalue weighted by molar-refractivity contribution is 6.02. The first-order valence-corrected chi connectivity index (χ1v) is 5.97. The number of ketones is 1. The number of nitrogens with zero attached hydrogens (tertiary/aromatic N) is 2. The van der Waals surface area contributed by atoms with Gasteiger partial charge in [0.15, 0.2) is 5.82 Å². The van der Waals surface area contributed by atoms with Gasteiger partial charge in [-0.15, -0.1) is 0 Å². The van der Waals surface area contributed by atoms with Gasteiger partial charge < -0.3 is 4.57 Å². The van der Waals surface area contributed by atoms with Crippen LogP contribution in [0.15, 0.2) is 24.0 Å². The lowest BCUT2D eigenvalue weighted by molar-refractivity contribution is 0.103. The lowest BCUT2D eigenvalue weighted by atomic mass is 10.1. The van der Waals surface area contributed by atoms with E-state index in [2.05, 4.69) is 25.8 Å². The molecule has 0 aliphatic carbocycles. The van der Waals surface area contributed by atoms with Crippen molar-refractivity contribution in [2.24, 2.45) is 0 Å². The van der Waals surface area contributed by atoms with Crippen LogP contribution in [0.4, 0.5) is 0 Å². The summed E-state index contributed by atoms with van der Waals surface area (Å²) in [7, 11) is 0. The molecule has 1 aromatic heterocycles. The Labute approximate surface area is 97.2 Å². The number of imidazole rings is 1. The summed E-state index contributed by atoms with van der Waals surface area (Å²) >= 11 is 0. The molecule has 16 heavy (non-hydrogen) atoms. The summed E-state index contributed by atoms with van der Waals surface area (Å²) < 4.78 is 1.92. The van der Waals surface area contributed by atoms with Gasteiger partial charge in [-0.3, -0.25) is 4.79 Å². The third-order valence-corrected chi connectivity index (χ3v) is 2.64. The molecule has 0 spiro atoms. The highest BCUT2D eigenvalue weighted by atomic mass is 16.1. The van der Waals surface area contributed by atoms with Crippen LogP contribution < -0.4 is 0 Å². The van der Waals surface area contributed by atoms with E-state index < -0.39 is 0 Å². The fourth-order valence-electron chi connectivity index (χ4n) is 1.66. The van der Waals surface area contributed by atoms with Crippen molar-refractivity contribution in [2.75, 3.05) is 0 Å². The third-order valence-electron chi connectivity index (χ3n) is 2.64. The van der Waals surface area contributed by atoms with Crippen LogP contribution in [0.5, 0.6) is 0 Å². The normalized spacial score (nSPS) is 10.2. The van der Waals surface area contributed by atoms with Crippen LogP contribution in [0.3, 0.4) is 0 Å². The van der Waals surface area contributed by atoms with Crippen LogP contribution in [0.25, 0.3) is 0 Å². The van der Waals surface area contributed by atoms with E-state index in [0.717, 1.165) is 25.8 Å². The number of carbonyl (C=O) groups is 1. The van der Waals surface area contributed by atoms with Crippen LogP contribution in [0.1, 0.15) is 50.7 Å². The van der Waals surface area contributed by atoms with Gasteiger partial charge in [-0.1, -0.05) is 26.3 Å². The average molecular weight is 220 g/mol. The first kappa shape index (κ1) is 12.7. The fraction of sp³-hybridized carbons (Fsp3) is 0.538. The Morgan fingerprint density at radius 2 is 2.06 bits per heavy atom. The molecule has 0 aliphatic rings. The predicted molar refractivity (Wildman–Crippen MR) is 65.5 cm³/mol. The number of hydrogen-bond acceptors (Lipinski definition) is 2. The van der Waals surface area contributed by atoms with Crippen LogP contribution in [0, 0.1) is 0 Å². The van der Waals surface area contributed by atoms with Gasteiger partial charge in [0, 0.05) is 18.9 Å². The molecule has 88 valence electrons. The maximum atomic E-state index is 12.0. The minimum absolute atomic E-state index is 0.0251. The van der Waals surface area contributed by atoms with Gasteiger partial charge in [0.1, 0.15) is 0 Å². The molecule has 0 radical (unpaired) electrons. The minimum atomic E-state index is 0.0251. The molecule has 0 aliphatic heterocycles. The Morgan fingerprint density at radius 3 is 2.62 bits per heavy atom. The zero-order chi connectivity index (χ0) is 12.0. The minimum Gasteiger partial charge on any atom is -0.328 e. The molecule has 0 unspecified atom stereocenters. The van der Waals surface area contributed by atoms with E-state index in [9.17, 15) is 4.79 Å². The van der Waals surface area contributed by atoms with Gasteiger partial charge in [0.05, 0.1) is 0 Å². The van der Waals surface area contributed by atoms with Gasteiger partial charge >= 0.3 is 0 Å². The summed E-state index contributed by atoms with van der Waals surface area (Å²) in [4.78, 5) is 16.1. The van der Waals surface area contributed by atoms with Crippen molar-refractivity contribution in [1.29, 1.82) is 0 Å². The van der Waals surface area contributed by atoms with Crippen LogP contribution in [0.2, 0.25) is 0 Å². The van der Waals surface area contributed by atoms with Gasteiger partial charge in [-0.05, 0) is 25.3 Å². The van der Waals surface area contributed by atoms with Gasteiger partial charge in [0.2, 0.25) is 5.78 Å². The van der Waals surface area contributed by atoms with E-state index in [4.69, 9.17) is 0 Å². The monoisotopic (exact) mass is 220 g/mol. The van der Waals surface area contributed by atoms with Gasteiger partial charge in [-0.2, -0.15) is 0 Å². The van der Waals surface area contributed by atoms with Gasteiger partial charge in [0.25, 0.3) is 0 Å². The van der Waals surface area contributed by atoms with Crippen molar-refractivity contribution in [1.82, 2.24) is 9.55 Å². The predicted octanol–water partition coefficient (Wildman–Crippen LogP) is 3.22. The first-order valence-electron chi connectivity index (χ1n) is 5.97. The number of carbonyl (C=O) groups excluding carboxylic acids is 1. The largest absolute Gasteiger partial charge is 0.328 e. The van der Waals surface area contributed by atoms with E-state index in [1.165, 1.54) is 5.57 Å². The molecule has 1 aromatic rings.